The molecule has 110 valence electrons. The van der Waals surface area contributed by atoms with Gasteiger partial charge in [0.25, 0.3) is 0 Å². The highest BCUT2D eigenvalue weighted by Crippen LogP contribution is 2.36. The zero-order valence-electron chi connectivity index (χ0n) is 11.8. The first-order valence-electron chi connectivity index (χ1n) is 7.03. The number of nitrogens with zero attached hydrogens (tertiary/aromatic N) is 2. The van der Waals surface area contributed by atoms with Crippen molar-refractivity contribution in [3.8, 4) is 11.5 Å². The lowest BCUT2D eigenvalue weighted by molar-refractivity contribution is -0.122. The van der Waals surface area contributed by atoms with Crippen molar-refractivity contribution in [2.45, 2.75) is 19.9 Å². The van der Waals surface area contributed by atoms with Crippen LogP contribution in [0.3, 0.4) is 0 Å². The molecule has 1 fully saturated rings. The fraction of sp³-hybridized carbons (Fsp3) is 0.400. The summed E-state index contributed by atoms with van der Waals surface area (Å²) >= 11 is 0. The molecule has 0 unspecified atom stereocenters. The lowest BCUT2D eigenvalue weighted by Crippen LogP contribution is -2.32. The Labute approximate surface area is 121 Å². The molecule has 3 rings (SSSR count). The van der Waals surface area contributed by atoms with E-state index in [0.29, 0.717) is 23.9 Å². The van der Waals surface area contributed by atoms with Gasteiger partial charge < -0.3 is 9.73 Å². The van der Waals surface area contributed by atoms with Crippen LogP contribution in [0.25, 0.3) is 11.5 Å². The van der Waals surface area contributed by atoms with Crippen LogP contribution in [-0.4, -0.2) is 22.2 Å². The molecule has 1 aromatic carbocycles. The molecule has 1 aromatic heterocycles. The Morgan fingerprint density at radius 3 is 2.81 bits per heavy atom. The molecule has 2 aromatic rings. The van der Waals surface area contributed by atoms with Crippen LogP contribution in [0.1, 0.15) is 13.3 Å². The molecule has 1 aliphatic carbocycles. The van der Waals surface area contributed by atoms with Crippen molar-refractivity contribution < 1.29 is 9.21 Å². The van der Waals surface area contributed by atoms with Crippen LogP contribution in [0.15, 0.2) is 39.5 Å². The molecule has 1 aliphatic rings. The third kappa shape index (κ3) is 3.21. The molecule has 6 heteroatoms. The van der Waals surface area contributed by atoms with Crippen LogP contribution in [0.4, 0.5) is 0 Å². The van der Waals surface area contributed by atoms with E-state index in [1.165, 1.54) is 0 Å². The smallest absolute Gasteiger partial charge is 0.388 e. The number of carbonyl (C=O) groups excluding carboxylic acids is 1. The summed E-state index contributed by atoms with van der Waals surface area (Å²) in [6.07, 6.45) is 1.16. The molecule has 6 nitrogen and oxygen atoms in total. The van der Waals surface area contributed by atoms with Crippen LogP contribution in [0, 0.1) is 11.8 Å². The van der Waals surface area contributed by atoms with Gasteiger partial charge in [-0.3, -0.25) is 4.79 Å². The van der Waals surface area contributed by atoms with Crippen LogP contribution in [0.5, 0.6) is 0 Å². The topological polar surface area (TPSA) is 77.1 Å². The second kappa shape index (κ2) is 5.55. The molecule has 1 saturated carbocycles. The molecular weight excluding hydrogens is 270 g/mol. The molecule has 1 amide bonds. The van der Waals surface area contributed by atoms with E-state index in [4.69, 9.17) is 4.42 Å². The monoisotopic (exact) mass is 287 g/mol. The summed E-state index contributed by atoms with van der Waals surface area (Å²) in [6, 6.07) is 9.12. The molecule has 0 aliphatic heterocycles. The first-order chi connectivity index (χ1) is 10.1. The van der Waals surface area contributed by atoms with Gasteiger partial charge in [-0.05, 0) is 30.4 Å². The first kappa shape index (κ1) is 13.6. The van der Waals surface area contributed by atoms with Crippen LogP contribution in [0.2, 0.25) is 0 Å². The molecule has 2 atom stereocenters. The van der Waals surface area contributed by atoms with Crippen molar-refractivity contribution in [1.82, 2.24) is 15.1 Å². The minimum absolute atomic E-state index is 0.115. The number of hydrogen-bond acceptors (Lipinski definition) is 4. The second-order valence-corrected chi connectivity index (χ2v) is 5.47. The van der Waals surface area contributed by atoms with Gasteiger partial charge in [0.2, 0.25) is 11.8 Å². The highest BCUT2D eigenvalue weighted by molar-refractivity contribution is 5.75. The minimum atomic E-state index is -0.621. The Hall–Kier alpha value is -2.37. The summed E-state index contributed by atoms with van der Waals surface area (Å²) in [5, 5.41) is 6.87. The summed E-state index contributed by atoms with van der Waals surface area (Å²) in [4.78, 5) is 23.5. The van der Waals surface area contributed by atoms with Gasteiger partial charge >= 0.3 is 5.76 Å². The lowest BCUT2D eigenvalue weighted by Gasteiger charge is -2.02. The van der Waals surface area contributed by atoms with Crippen molar-refractivity contribution in [3.05, 3.63) is 40.9 Å². The third-order valence-electron chi connectivity index (χ3n) is 3.76. The van der Waals surface area contributed by atoms with Crippen LogP contribution >= 0.6 is 0 Å². The number of rotatable bonds is 5. The quantitative estimate of drug-likeness (QED) is 0.898. The summed E-state index contributed by atoms with van der Waals surface area (Å²) in [5.41, 5.74) is 0.709. The van der Waals surface area contributed by atoms with Gasteiger partial charge in [0.05, 0.1) is 0 Å². The fourth-order valence-corrected chi connectivity index (χ4v) is 2.22. The Morgan fingerprint density at radius 2 is 2.14 bits per heavy atom. The number of carbonyl (C=O) groups is 1. The molecule has 0 radical (unpaired) electrons. The van der Waals surface area contributed by atoms with E-state index in [1.54, 1.807) is 12.1 Å². The van der Waals surface area contributed by atoms with E-state index in [0.717, 1.165) is 11.1 Å². The van der Waals surface area contributed by atoms with Crippen molar-refractivity contribution in [2.75, 3.05) is 6.54 Å². The molecule has 0 saturated heterocycles. The van der Waals surface area contributed by atoms with Gasteiger partial charge in [-0.1, -0.05) is 25.1 Å². The summed E-state index contributed by atoms with van der Waals surface area (Å²) in [7, 11) is 0. The molecule has 0 spiro atoms. The Morgan fingerprint density at radius 1 is 1.43 bits per heavy atom. The van der Waals surface area contributed by atoms with Crippen LogP contribution < -0.4 is 11.1 Å². The number of benzene rings is 1. The summed E-state index contributed by atoms with van der Waals surface area (Å²) in [5.74, 6) is 0.643. The van der Waals surface area contributed by atoms with Gasteiger partial charge in [-0.15, -0.1) is 5.10 Å². The second-order valence-electron chi connectivity index (χ2n) is 5.47. The zero-order valence-corrected chi connectivity index (χ0v) is 11.8. The highest BCUT2D eigenvalue weighted by Gasteiger charge is 2.32. The van der Waals surface area contributed by atoms with E-state index in [9.17, 15) is 9.59 Å². The van der Waals surface area contributed by atoms with E-state index in [1.807, 2.05) is 18.2 Å². The average Bonchev–Trinajstić information content (AvgIpc) is 3.08. The summed E-state index contributed by atoms with van der Waals surface area (Å²) in [6.45, 7) is 2.71. The highest BCUT2D eigenvalue weighted by atomic mass is 16.4. The molecular formula is C15H17N3O3. The van der Waals surface area contributed by atoms with Gasteiger partial charge in [0.1, 0.15) is 6.54 Å². The van der Waals surface area contributed by atoms with Gasteiger partial charge in [0.15, 0.2) is 0 Å². The van der Waals surface area contributed by atoms with Gasteiger partial charge in [-0.25, -0.2) is 4.79 Å². The maximum Gasteiger partial charge on any atom is 0.437 e. The first-order valence-corrected chi connectivity index (χ1v) is 7.03. The van der Waals surface area contributed by atoms with Crippen molar-refractivity contribution in [2.24, 2.45) is 11.8 Å². The summed E-state index contributed by atoms with van der Waals surface area (Å²) < 4.78 is 6.12. The Bertz CT molecular complexity index is 690. The van der Waals surface area contributed by atoms with E-state index >= 15 is 0 Å². The van der Waals surface area contributed by atoms with Crippen molar-refractivity contribution in [1.29, 1.82) is 0 Å². The van der Waals surface area contributed by atoms with Crippen molar-refractivity contribution >= 4 is 5.91 Å². The molecule has 1 heterocycles. The normalized spacial score (nSPS) is 20.2. The maximum absolute atomic E-state index is 11.8. The fourth-order valence-electron chi connectivity index (χ4n) is 2.22. The largest absolute Gasteiger partial charge is 0.437 e. The lowest BCUT2D eigenvalue weighted by atomic mass is 10.2. The third-order valence-corrected chi connectivity index (χ3v) is 3.76. The minimum Gasteiger partial charge on any atom is -0.388 e. The predicted octanol–water partition coefficient (Wildman–Crippen LogP) is 1.28. The van der Waals surface area contributed by atoms with Crippen molar-refractivity contribution in [3.63, 3.8) is 0 Å². The predicted molar refractivity (Wildman–Crippen MR) is 76.5 cm³/mol. The maximum atomic E-state index is 11.8. The zero-order chi connectivity index (χ0) is 14.8. The van der Waals surface area contributed by atoms with Gasteiger partial charge in [0, 0.05) is 12.1 Å². The number of nitrogens with one attached hydrogen (secondary N) is 1. The Kier molecular flexibility index (Phi) is 3.60. The van der Waals surface area contributed by atoms with Gasteiger partial charge in [-0.2, -0.15) is 4.68 Å². The standard InChI is InChI=1S/C15H17N3O3/c1-10-7-12(10)8-16-13(19)9-18-15(20)21-14(17-18)11-5-3-2-4-6-11/h2-6,10,12H,7-9H2,1H3,(H,16,19)/t10-,12+/m1/s1. The molecule has 21 heavy (non-hydrogen) atoms. The number of amides is 1. The Balaban J connectivity index is 1.64. The van der Waals surface area contributed by atoms with E-state index < -0.39 is 5.76 Å². The molecule has 0 bridgehead atoms. The SMILES string of the molecule is C[C@@H]1C[C@H]1CNC(=O)Cn1nc(-c2ccccc2)oc1=O. The van der Waals surface area contributed by atoms with E-state index in [-0.39, 0.29) is 18.3 Å². The van der Waals surface area contributed by atoms with E-state index in [2.05, 4.69) is 17.3 Å². The van der Waals surface area contributed by atoms with Crippen LogP contribution in [-0.2, 0) is 11.3 Å². The average molecular weight is 287 g/mol. The number of hydrogen-bond donors (Lipinski definition) is 1. The molecule has 1 N–H and O–H groups in total. The number of aromatic nitrogens is 2.